The standard InChI is InChI=1S/C21H29N5.HI/c1-22-21(25-16-20-9-5-6-12-23-20)24-15-19-11-14-26(17-19)13-10-18-7-3-2-4-8-18;/h2-9,12,19H,10-11,13-17H2,1H3,(H2,22,24,25);1H. The summed E-state index contributed by atoms with van der Waals surface area (Å²) in [5, 5.41) is 6.79. The summed E-state index contributed by atoms with van der Waals surface area (Å²) in [6, 6.07) is 16.7. The summed E-state index contributed by atoms with van der Waals surface area (Å²) in [5.41, 5.74) is 2.44. The fourth-order valence-corrected chi connectivity index (χ4v) is 3.35. The zero-order chi connectivity index (χ0) is 18.0. The van der Waals surface area contributed by atoms with Crippen LogP contribution in [0, 0.1) is 5.92 Å². The largest absolute Gasteiger partial charge is 0.356 e. The SMILES string of the molecule is CN=C(NCc1ccccn1)NCC1CCN(CCc2ccccc2)C1.I. The number of nitrogens with one attached hydrogen (secondary N) is 2. The molecule has 2 aromatic rings. The fraction of sp³-hybridized carbons (Fsp3) is 0.429. The van der Waals surface area contributed by atoms with Crippen LogP contribution in [0.4, 0.5) is 0 Å². The van der Waals surface area contributed by atoms with E-state index in [-0.39, 0.29) is 24.0 Å². The lowest BCUT2D eigenvalue weighted by atomic mass is 10.1. The van der Waals surface area contributed by atoms with Crippen LogP contribution in [-0.4, -0.2) is 49.1 Å². The predicted molar refractivity (Wildman–Crippen MR) is 123 cm³/mol. The average Bonchev–Trinajstić information content (AvgIpc) is 3.16. The van der Waals surface area contributed by atoms with Gasteiger partial charge in [0, 0.05) is 32.9 Å². The number of rotatable bonds is 7. The molecule has 146 valence electrons. The van der Waals surface area contributed by atoms with Crippen LogP contribution in [0.15, 0.2) is 59.7 Å². The molecule has 3 rings (SSSR count). The minimum Gasteiger partial charge on any atom is -0.356 e. The van der Waals surface area contributed by atoms with Crippen molar-refractivity contribution in [3.63, 3.8) is 0 Å². The number of nitrogens with zero attached hydrogens (tertiary/aromatic N) is 3. The number of aliphatic imine (C=N–C) groups is 1. The maximum absolute atomic E-state index is 4.33. The van der Waals surface area contributed by atoms with Crippen LogP contribution < -0.4 is 10.6 Å². The normalized spacial score (nSPS) is 17.4. The Morgan fingerprint density at radius 2 is 1.96 bits per heavy atom. The molecule has 0 bridgehead atoms. The summed E-state index contributed by atoms with van der Waals surface area (Å²) in [6.45, 7) is 5.15. The lowest BCUT2D eigenvalue weighted by Crippen LogP contribution is -2.40. The minimum atomic E-state index is 0. The minimum absolute atomic E-state index is 0. The third-order valence-electron chi connectivity index (χ3n) is 4.87. The number of likely N-dealkylation sites (tertiary alicyclic amines) is 1. The van der Waals surface area contributed by atoms with Gasteiger partial charge in [-0.05, 0) is 43.0 Å². The molecule has 1 fully saturated rings. The molecule has 1 aromatic carbocycles. The van der Waals surface area contributed by atoms with Crippen LogP contribution in [0.1, 0.15) is 17.7 Å². The van der Waals surface area contributed by atoms with Gasteiger partial charge in [0.05, 0.1) is 12.2 Å². The van der Waals surface area contributed by atoms with E-state index in [2.05, 4.69) is 55.8 Å². The van der Waals surface area contributed by atoms with Gasteiger partial charge in [-0.1, -0.05) is 36.4 Å². The van der Waals surface area contributed by atoms with E-state index >= 15 is 0 Å². The number of aromatic nitrogens is 1. The Labute approximate surface area is 179 Å². The van der Waals surface area contributed by atoms with Crippen LogP contribution >= 0.6 is 24.0 Å². The summed E-state index contributed by atoms with van der Waals surface area (Å²) in [7, 11) is 1.81. The molecule has 2 N–H and O–H groups in total. The molecule has 0 aliphatic carbocycles. The van der Waals surface area contributed by atoms with Gasteiger partial charge in [0.25, 0.3) is 0 Å². The molecule has 0 amide bonds. The summed E-state index contributed by atoms with van der Waals surface area (Å²) in [4.78, 5) is 11.2. The molecule has 0 saturated carbocycles. The first-order valence-corrected chi connectivity index (χ1v) is 9.44. The molecule has 1 aromatic heterocycles. The van der Waals surface area contributed by atoms with E-state index in [9.17, 15) is 0 Å². The van der Waals surface area contributed by atoms with Gasteiger partial charge in [0.15, 0.2) is 5.96 Å². The topological polar surface area (TPSA) is 52.6 Å². The molecule has 2 heterocycles. The van der Waals surface area contributed by atoms with Crippen molar-refractivity contribution in [3.05, 3.63) is 66.0 Å². The van der Waals surface area contributed by atoms with E-state index in [1.807, 2.05) is 31.4 Å². The monoisotopic (exact) mass is 479 g/mol. The molecule has 1 atom stereocenters. The number of hydrogen-bond donors (Lipinski definition) is 2. The predicted octanol–water partition coefficient (Wildman–Crippen LogP) is 2.93. The number of hydrogen-bond acceptors (Lipinski definition) is 3. The van der Waals surface area contributed by atoms with E-state index in [1.165, 1.54) is 18.5 Å². The Hall–Kier alpha value is -1.67. The third-order valence-corrected chi connectivity index (χ3v) is 4.87. The molecule has 0 spiro atoms. The molecule has 27 heavy (non-hydrogen) atoms. The van der Waals surface area contributed by atoms with Crippen LogP contribution in [0.5, 0.6) is 0 Å². The first kappa shape index (κ1) is 21.6. The highest BCUT2D eigenvalue weighted by Crippen LogP contribution is 2.16. The molecule has 0 radical (unpaired) electrons. The van der Waals surface area contributed by atoms with Gasteiger partial charge < -0.3 is 15.5 Å². The van der Waals surface area contributed by atoms with Gasteiger partial charge in [-0.3, -0.25) is 9.98 Å². The summed E-state index contributed by atoms with van der Waals surface area (Å²) in [5.74, 6) is 1.53. The van der Waals surface area contributed by atoms with Crippen molar-refractivity contribution in [2.45, 2.75) is 19.4 Å². The Morgan fingerprint density at radius 3 is 2.70 bits per heavy atom. The first-order chi connectivity index (χ1) is 12.8. The number of benzene rings is 1. The van der Waals surface area contributed by atoms with Crippen LogP contribution in [0.25, 0.3) is 0 Å². The van der Waals surface area contributed by atoms with Gasteiger partial charge in [0.2, 0.25) is 0 Å². The highest BCUT2D eigenvalue weighted by molar-refractivity contribution is 14.0. The zero-order valence-corrected chi connectivity index (χ0v) is 18.3. The van der Waals surface area contributed by atoms with Gasteiger partial charge in [0.1, 0.15) is 0 Å². The summed E-state index contributed by atoms with van der Waals surface area (Å²) >= 11 is 0. The van der Waals surface area contributed by atoms with Crippen LogP contribution in [0.3, 0.4) is 0 Å². The second-order valence-corrected chi connectivity index (χ2v) is 6.82. The average molecular weight is 479 g/mol. The van der Waals surface area contributed by atoms with Crippen molar-refractivity contribution in [2.75, 3.05) is 33.2 Å². The van der Waals surface area contributed by atoms with Gasteiger partial charge in [-0.15, -0.1) is 24.0 Å². The molecule has 1 aliphatic rings. The maximum Gasteiger partial charge on any atom is 0.191 e. The molecule has 1 aliphatic heterocycles. The van der Waals surface area contributed by atoms with Gasteiger partial charge >= 0.3 is 0 Å². The second-order valence-electron chi connectivity index (χ2n) is 6.82. The Balaban J connectivity index is 0.00000261. The quantitative estimate of drug-likeness (QED) is 0.365. The van der Waals surface area contributed by atoms with E-state index in [0.29, 0.717) is 12.5 Å². The van der Waals surface area contributed by atoms with E-state index in [4.69, 9.17) is 0 Å². The first-order valence-electron chi connectivity index (χ1n) is 9.44. The molecular weight excluding hydrogens is 449 g/mol. The zero-order valence-electron chi connectivity index (χ0n) is 16.0. The third kappa shape index (κ3) is 7.46. The molecule has 1 saturated heterocycles. The van der Waals surface area contributed by atoms with Crippen LogP contribution in [0.2, 0.25) is 0 Å². The molecule has 6 heteroatoms. The fourth-order valence-electron chi connectivity index (χ4n) is 3.35. The Bertz CT molecular complexity index is 677. The summed E-state index contributed by atoms with van der Waals surface area (Å²) in [6.07, 6.45) is 4.20. The van der Waals surface area contributed by atoms with Crippen molar-refractivity contribution >= 4 is 29.9 Å². The van der Waals surface area contributed by atoms with Crippen molar-refractivity contribution < 1.29 is 0 Å². The number of halogens is 1. The second kappa shape index (κ2) is 11.9. The van der Waals surface area contributed by atoms with Gasteiger partial charge in [-0.25, -0.2) is 0 Å². The molecular formula is C21H30IN5. The smallest absolute Gasteiger partial charge is 0.191 e. The Morgan fingerprint density at radius 1 is 1.15 bits per heavy atom. The highest BCUT2D eigenvalue weighted by atomic mass is 127. The molecule has 5 nitrogen and oxygen atoms in total. The lowest BCUT2D eigenvalue weighted by Gasteiger charge is -2.17. The lowest BCUT2D eigenvalue weighted by molar-refractivity contribution is 0.328. The summed E-state index contributed by atoms with van der Waals surface area (Å²) < 4.78 is 0. The molecule has 1 unspecified atom stereocenters. The van der Waals surface area contributed by atoms with Crippen molar-refractivity contribution in [2.24, 2.45) is 10.9 Å². The van der Waals surface area contributed by atoms with Crippen molar-refractivity contribution in [1.82, 2.24) is 20.5 Å². The van der Waals surface area contributed by atoms with Crippen molar-refractivity contribution in [1.29, 1.82) is 0 Å². The number of pyridine rings is 1. The van der Waals surface area contributed by atoms with E-state index in [0.717, 1.165) is 37.7 Å². The maximum atomic E-state index is 4.33. The van der Waals surface area contributed by atoms with Crippen molar-refractivity contribution in [3.8, 4) is 0 Å². The Kier molecular flexibility index (Phi) is 9.55. The van der Waals surface area contributed by atoms with E-state index < -0.39 is 0 Å². The van der Waals surface area contributed by atoms with E-state index in [1.54, 1.807) is 0 Å². The van der Waals surface area contributed by atoms with Crippen LogP contribution in [-0.2, 0) is 13.0 Å². The van der Waals surface area contributed by atoms with Gasteiger partial charge in [-0.2, -0.15) is 0 Å². The number of guanidine groups is 1. The highest BCUT2D eigenvalue weighted by Gasteiger charge is 2.22.